The third-order valence-electron chi connectivity index (χ3n) is 6.57. The van der Waals surface area contributed by atoms with Crippen molar-refractivity contribution in [2.45, 2.75) is 20.5 Å². The molecule has 0 radical (unpaired) electrons. The largest absolute Gasteiger partial charge is 0.488 e. The first-order valence-corrected chi connectivity index (χ1v) is 12.4. The molecular weight excluding hydrogens is 496 g/mol. The summed E-state index contributed by atoms with van der Waals surface area (Å²) in [6, 6.07) is 25.5. The zero-order chi connectivity index (χ0) is 26.9. The number of pyridine rings is 3. The van der Waals surface area contributed by atoms with Crippen molar-refractivity contribution in [3.8, 4) is 28.6 Å². The molecule has 0 saturated heterocycles. The van der Waals surface area contributed by atoms with Gasteiger partial charge in [-0.2, -0.15) is 0 Å². The lowest BCUT2D eigenvalue weighted by molar-refractivity contribution is 0.310. The third kappa shape index (κ3) is 4.75. The highest BCUT2D eigenvalue weighted by atomic mass is 19.2. The van der Waals surface area contributed by atoms with E-state index in [1.807, 2.05) is 79.7 Å². The normalized spacial score (nSPS) is 11.2. The van der Waals surface area contributed by atoms with Gasteiger partial charge in [0.1, 0.15) is 18.1 Å². The van der Waals surface area contributed by atoms with Crippen molar-refractivity contribution in [1.29, 1.82) is 0 Å². The molecule has 39 heavy (non-hydrogen) atoms. The topological polar surface area (TPSA) is 57.1 Å². The summed E-state index contributed by atoms with van der Waals surface area (Å²) in [5.41, 5.74) is 4.40. The van der Waals surface area contributed by atoms with Crippen LogP contribution in [0, 0.1) is 25.5 Å². The summed E-state index contributed by atoms with van der Waals surface area (Å²) in [4.78, 5) is 14.1. The molecule has 3 aromatic heterocycles. The molecule has 6 aromatic rings. The highest BCUT2D eigenvalue weighted by molar-refractivity contribution is 5.92. The minimum atomic E-state index is -0.960. The summed E-state index contributed by atoms with van der Waals surface area (Å²) in [7, 11) is 0. The molecule has 0 spiro atoms. The quantitative estimate of drug-likeness (QED) is 0.222. The Labute approximate surface area is 223 Å². The van der Waals surface area contributed by atoms with Gasteiger partial charge in [-0.15, -0.1) is 0 Å². The zero-order valence-electron chi connectivity index (χ0n) is 21.3. The molecule has 0 unspecified atom stereocenters. The number of para-hydroxylation sites is 1. The van der Waals surface area contributed by atoms with Crippen molar-refractivity contribution in [2.75, 3.05) is 0 Å². The molecule has 0 N–H and O–H groups in total. The van der Waals surface area contributed by atoms with Crippen LogP contribution in [0.3, 0.4) is 0 Å². The van der Waals surface area contributed by atoms with Crippen LogP contribution in [-0.4, -0.2) is 15.0 Å². The molecule has 3 heterocycles. The predicted molar refractivity (Wildman–Crippen MR) is 147 cm³/mol. The Hall–Kier alpha value is -4.91. The molecule has 6 rings (SSSR count). The number of ether oxygens (including phenoxy) is 2. The van der Waals surface area contributed by atoms with E-state index in [0.29, 0.717) is 34.6 Å². The summed E-state index contributed by atoms with van der Waals surface area (Å²) < 4.78 is 40.6. The number of nitrogens with zero attached hydrogens (tertiary/aromatic N) is 3. The first-order chi connectivity index (χ1) is 19.0. The molecule has 0 aliphatic rings. The standard InChI is InChI=1S/C32H23F2N3O2/c1-19-28(13-12-24(33)31(19)34)39-32-23(16-22-10-6-7-11-25(22)37-32)27-17-29(38-18-21-8-4-3-5-9-21)30-20(2)35-15-14-26(30)36-27/h3-17H,18H2,1-2H3. The summed E-state index contributed by atoms with van der Waals surface area (Å²) in [5.74, 6) is -0.897. The number of fused-ring (bicyclic) bond motifs is 2. The van der Waals surface area contributed by atoms with Crippen LogP contribution in [0.25, 0.3) is 33.1 Å². The summed E-state index contributed by atoms with van der Waals surface area (Å²) in [5, 5.41) is 1.69. The maximum Gasteiger partial charge on any atom is 0.229 e. The van der Waals surface area contributed by atoms with Gasteiger partial charge < -0.3 is 9.47 Å². The molecule has 5 nitrogen and oxygen atoms in total. The Morgan fingerprint density at radius 2 is 1.56 bits per heavy atom. The van der Waals surface area contributed by atoms with E-state index in [1.54, 1.807) is 6.20 Å². The first-order valence-electron chi connectivity index (χ1n) is 12.4. The van der Waals surface area contributed by atoms with Crippen LogP contribution in [0.1, 0.15) is 16.8 Å². The van der Waals surface area contributed by atoms with Gasteiger partial charge in [-0.3, -0.25) is 4.98 Å². The van der Waals surface area contributed by atoms with Crippen molar-refractivity contribution in [3.05, 3.63) is 120 Å². The number of rotatable bonds is 6. The Kier molecular flexibility index (Phi) is 6.32. The molecule has 3 aromatic carbocycles. The SMILES string of the molecule is Cc1c(Oc2nc3ccccc3cc2-c2cc(OCc3ccccc3)c3c(C)nccc3n2)ccc(F)c1F. The number of halogens is 2. The highest BCUT2D eigenvalue weighted by Crippen LogP contribution is 2.39. The average Bonchev–Trinajstić information content (AvgIpc) is 2.96. The van der Waals surface area contributed by atoms with Crippen molar-refractivity contribution in [3.63, 3.8) is 0 Å². The van der Waals surface area contributed by atoms with Gasteiger partial charge >= 0.3 is 0 Å². The Bertz CT molecular complexity index is 1840. The summed E-state index contributed by atoms with van der Waals surface area (Å²) in [6.45, 7) is 3.74. The lowest BCUT2D eigenvalue weighted by atomic mass is 10.1. The molecule has 0 atom stereocenters. The molecule has 7 heteroatoms. The van der Waals surface area contributed by atoms with Crippen LogP contribution in [-0.2, 0) is 6.61 Å². The van der Waals surface area contributed by atoms with Crippen LogP contribution in [0.15, 0.2) is 91.1 Å². The first kappa shape index (κ1) is 24.4. The van der Waals surface area contributed by atoms with E-state index in [-0.39, 0.29) is 17.2 Å². The number of aryl methyl sites for hydroxylation is 1. The van der Waals surface area contributed by atoms with Crippen molar-refractivity contribution in [1.82, 2.24) is 15.0 Å². The van der Waals surface area contributed by atoms with Crippen molar-refractivity contribution < 1.29 is 18.3 Å². The molecule has 0 amide bonds. The molecule has 0 saturated carbocycles. The van der Waals surface area contributed by atoms with E-state index in [1.165, 1.54) is 13.0 Å². The van der Waals surface area contributed by atoms with Gasteiger partial charge in [0.05, 0.1) is 33.4 Å². The van der Waals surface area contributed by atoms with Crippen molar-refractivity contribution >= 4 is 21.8 Å². The maximum atomic E-state index is 14.4. The predicted octanol–water partition coefficient (Wildman–Crippen LogP) is 8.11. The zero-order valence-corrected chi connectivity index (χ0v) is 21.3. The lowest BCUT2D eigenvalue weighted by Gasteiger charge is -2.16. The van der Waals surface area contributed by atoms with Gasteiger partial charge in [-0.25, -0.2) is 18.7 Å². The number of hydrogen-bond acceptors (Lipinski definition) is 5. The fourth-order valence-corrected chi connectivity index (χ4v) is 4.50. The fourth-order valence-electron chi connectivity index (χ4n) is 4.50. The highest BCUT2D eigenvalue weighted by Gasteiger charge is 2.19. The van der Waals surface area contributed by atoms with Gasteiger partial charge in [0, 0.05) is 23.2 Å². The second kappa shape index (κ2) is 10.1. The monoisotopic (exact) mass is 519 g/mol. The molecule has 192 valence electrons. The van der Waals surface area contributed by atoms with Crippen LogP contribution in [0.5, 0.6) is 17.4 Å². The maximum absolute atomic E-state index is 14.4. The smallest absolute Gasteiger partial charge is 0.229 e. The average molecular weight is 520 g/mol. The Morgan fingerprint density at radius 1 is 0.769 bits per heavy atom. The second-order valence-corrected chi connectivity index (χ2v) is 9.19. The molecule has 0 aliphatic carbocycles. The number of aromatic nitrogens is 3. The van der Waals surface area contributed by atoms with Crippen LogP contribution >= 0.6 is 0 Å². The molecule has 0 aliphatic heterocycles. The molecular formula is C32H23F2N3O2. The van der Waals surface area contributed by atoms with E-state index < -0.39 is 11.6 Å². The van der Waals surface area contributed by atoms with Gasteiger partial charge in [-0.05, 0) is 49.7 Å². The third-order valence-corrected chi connectivity index (χ3v) is 6.57. The van der Waals surface area contributed by atoms with Gasteiger partial charge in [0.15, 0.2) is 11.6 Å². The second-order valence-electron chi connectivity index (χ2n) is 9.19. The summed E-state index contributed by atoms with van der Waals surface area (Å²) >= 11 is 0. The number of hydrogen-bond donors (Lipinski definition) is 0. The van der Waals surface area contributed by atoms with E-state index in [2.05, 4.69) is 4.98 Å². The van der Waals surface area contributed by atoms with Gasteiger partial charge in [0.25, 0.3) is 0 Å². The van der Waals surface area contributed by atoms with Gasteiger partial charge in [-0.1, -0.05) is 48.5 Å². The minimum Gasteiger partial charge on any atom is -0.488 e. The number of benzene rings is 3. The van der Waals surface area contributed by atoms with Crippen LogP contribution in [0.2, 0.25) is 0 Å². The minimum absolute atomic E-state index is 0.0518. The van der Waals surface area contributed by atoms with Crippen molar-refractivity contribution in [2.24, 2.45) is 0 Å². The van der Waals surface area contributed by atoms with Crippen LogP contribution in [0.4, 0.5) is 8.78 Å². The van der Waals surface area contributed by atoms with E-state index >= 15 is 0 Å². The van der Waals surface area contributed by atoms with E-state index in [4.69, 9.17) is 19.4 Å². The molecule has 0 fully saturated rings. The van der Waals surface area contributed by atoms with E-state index in [0.717, 1.165) is 28.1 Å². The Morgan fingerprint density at radius 3 is 2.41 bits per heavy atom. The van der Waals surface area contributed by atoms with E-state index in [9.17, 15) is 8.78 Å². The Balaban J connectivity index is 1.52. The fraction of sp³-hybridized carbons (Fsp3) is 0.0938. The van der Waals surface area contributed by atoms with Crippen LogP contribution < -0.4 is 9.47 Å². The lowest BCUT2D eigenvalue weighted by Crippen LogP contribution is -2.01. The summed E-state index contributed by atoms with van der Waals surface area (Å²) in [6.07, 6.45) is 1.70. The van der Waals surface area contributed by atoms with Gasteiger partial charge in [0.2, 0.25) is 5.88 Å². The molecule has 0 bridgehead atoms.